The molecule has 0 unspecified atom stereocenters. The van der Waals surface area contributed by atoms with Gasteiger partial charge >= 0.3 is 0 Å². The molecule has 0 aromatic heterocycles. The molecule has 1 aliphatic heterocycles. The third-order valence-electron chi connectivity index (χ3n) is 3.65. The van der Waals surface area contributed by atoms with Gasteiger partial charge in [-0.25, -0.2) is 0 Å². The van der Waals surface area contributed by atoms with E-state index in [9.17, 15) is 4.79 Å². The standard InChI is InChI=1S/C15H20ClNO/c1-10-13(11-6-5-7-12(16)8-11)9-14(18)17(10)15(2,3)4/h5-8,10,13H,9H2,1-4H3/t10-,13-/m1/s1. The van der Waals surface area contributed by atoms with E-state index >= 15 is 0 Å². The van der Waals surface area contributed by atoms with Gasteiger partial charge in [-0.05, 0) is 45.4 Å². The molecular weight excluding hydrogens is 246 g/mol. The van der Waals surface area contributed by atoms with Crippen LogP contribution in [0.1, 0.15) is 45.6 Å². The lowest BCUT2D eigenvalue weighted by Crippen LogP contribution is -2.46. The summed E-state index contributed by atoms with van der Waals surface area (Å²) in [6.45, 7) is 8.38. The zero-order valence-corrected chi connectivity index (χ0v) is 12.2. The van der Waals surface area contributed by atoms with Crippen LogP contribution in [-0.4, -0.2) is 22.4 Å². The van der Waals surface area contributed by atoms with Crippen molar-refractivity contribution in [2.75, 3.05) is 0 Å². The highest BCUT2D eigenvalue weighted by Gasteiger charge is 2.42. The van der Waals surface area contributed by atoms with E-state index < -0.39 is 0 Å². The van der Waals surface area contributed by atoms with Crippen molar-refractivity contribution >= 4 is 17.5 Å². The fourth-order valence-electron chi connectivity index (χ4n) is 2.98. The summed E-state index contributed by atoms with van der Waals surface area (Å²) in [4.78, 5) is 14.2. The molecule has 0 radical (unpaired) electrons. The number of amides is 1. The number of benzene rings is 1. The minimum Gasteiger partial charge on any atom is -0.335 e. The van der Waals surface area contributed by atoms with Crippen LogP contribution in [0.3, 0.4) is 0 Å². The minimum absolute atomic E-state index is 0.121. The van der Waals surface area contributed by atoms with Crippen LogP contribution in [0.25, 0.3) is 0 Å². The van der Waals surface area contributed by atoms with Crippen LogP contribution in [0.15, 0.2) is 24.3 Å². The van der Waals surface area contributed by atoms with Gasteiger partial charge in [-0.1, -0.05) is 23.7 Å². The molecule has 2 rings (SSSR count). The van der Waals surface area contributed by atoms with Crippen molar-refractivity contribution in [3.63, 3.8) is 0 Å². The topological polar surface area (TPSA) is 20.3 Å². The Morgan fingerprint density at radius 1 is 1.33 bits per heavy atom. The summed E-state index contributed by atoms with van der Waals surface area (Å²) in [6, 6.07) is 8.08. The summed E-state index contributed by atoms with van der Waals surface area (Å²) in [7, 11) is 0. The number of hydrogen-bond acceptors (Lipinski definition) is 1. The fourth-order valence-corrected chi connectivity index (χ4v) is 3.18. The normalized spacial score (nSPS) is 24.7. The SMILES string of the molecule is C[C@@H]1[C@H](c2cccc(Cl)c2)CC(=O)N1C(C)(C)C. The lowest BCUT2D eigenvalue weighted by atomic mass is 9.92. The Hall–Kier alpha value is -1.02. The molecule has 2 nitrogen and oxygen atoms in total. The highest BCUT2D eigenvalue weighted by atomic mass is 35.5. The third kappa shape index (κ3) is 2.39. The molecular formula is C15H20ClNO. The first kappa shape index (κ1) is 13.4. The molecule has 1 aromatic carbocycles. The van der Waals surface area contributed by atoms with Crippen LogP contribution in [0.4, 0.5) is 0 Å². The van der Waals surface area contributed by atoms with E-state index in [1.54, 1.807) is 0 Å². The Labute approximate surface area is 114 Å². The fraction of sp³-hybridized carbons (Fsp3) is 0.533. The Bertz CT molecular complexity index is 464. The average Bonchev–Trinajstić information content (AvgIpc) is 2.53. The molecule has 0 N–H and O–H groups in total. The first-order valence-corrected chi connectivity index (χ1v) is 6.76. The number of carbonyl (C=O) groups excluding carboxylic acids is 1. The van der Waals surface area contributed by atoms with Gasteiger partial charge in [0.2, 0.25) is 5.91 Å². The van der Waals surface area contributed by atoms with Crippen molar-refractivity contribution < 1.29 is 4.79 Å². The van der Waals surface area contributed by atoms with Gasteiger partial charge in [0, 0.05) is 28.9 Å². The molecule has 1 amide bonds. The number of nitrogens with zero attached hydrogens (tertiary/aromatic N) is 1. The van der Waals surface area contributed by atoms with Gasteiger partial charge in [-0.2, -0.15) is 0 Å². The summed E-state index contributed by atoms with van der Waals surface area (Å²) < 4.78 is 0. The molecule has 1 aliphatic rings. The third-order valence-corrected chi connectivity index (χ3v) is 3.89. The summed E-state index contributed by atoms with van der Waals surface area (Å²) in [6.07, 6.45) is 0.582. The molecule has 1 fully saturated rings. The Morgan fingerprint density at radius 3 is 2.50 bits per heavy atom. The molecule has 18 heavy (non-hydrogen) atoms. The van der Waals surface area contributed by atoms with Gasteiger partial charge in [0.1, 0.15) is 0 Å². The molecule has 1 heterocycles. The van der Waals surface area contributed by atoms with Gasteiger partial charge in [-0.3, -0.25) is 4.79 Å². The molecule has 0 bridgehead atoms. The van der Waals surface area contributed by atoms with Crippen molar-refractivity contribution in [3.05, 3.63) is 34.9 Å². The number of rotatable bonds is 1. The summed E-state index contributed by atoms with van der Waals surface area (Å²) >= 11 is 6.04. The van der Waals surface area contributed by atoms with Crippen LogP contribution in [0.5, 0.6) is 0 Å². The molecule has 1 saturated heterocycles. The quantitative estimate of drug-likeness (QED) is 0.755. The first-order chi connectivity index (χ1) is 8.30. The zero-order chi connectivity index (χ0) is 13.5. The largest absolute Gasteiger partial charge is 0.335 e. The van der Waals surface area contributed by atoms with Gasteiger partial charge in [0.05, 0.1) is 0 Å². The Balaban J connectivity index is 2.31. The highest BCUT2D eigenvalue weighted by Crippen LogP contribution is 2.38. The monoisotopic (exact) mass is 265 g/mol. The van der Waals surface area contributed by atoms with E-state index in [-0.39, 0.29) is 23.4 Å². The van der Waals surface area contributed by atoms with E-state index in [0.29, 0.717) is 6.42 Å². The smallest absolute Gasteiger partial charge is 0.223 e. The van der Waals surface area contributed by atoms with Crippen LogP contribution in [0.2, 0.25) is 5.02 Å². The van der Waals surface area contributed by atoms with Crippen molar-refractivity contribution in [1.82, 2.24) is 4.90 Å². The van der Waals surface area contributed by atoms with Gasteiger partial charge in [-0.15, -0.1) is 0 Å². The highest BCUT2D eigenvalue weighted by molar-refractivity contribution is 6.30. The van der Waals surface area contributed by atoms with Crippen LogP contribution in [0, 0.1) is 0 Å². The van der Waals surface area contributed by atoms with Crippen molar-refractivity contribution in [2.24, 2.45) is 0 Å². The number of hydrogen-bond donors (Lipinski definition) is 0. The predicted molar refractivity (Wildman–Crippen MR) is 74.9 cm³/mol. The maximum atomic E-state index is 12.2. The Kier molecular flexibility index (Phi) is 3.41. The van der Waals surface area contributed by atoms with Crippen molar-refractivity contribution in [3.8, 4) is 0 Å². The van der Waals surface area contributed by atoms with Crippen LogP contribution in [-0.2, 0) is 4.79 Å². The van der Waals surface area contributed by atoms with E-state index in [2.05, 4.69) is 33.8 Å². The summed E-state index contributed by atoms with van der Waals surface area (Å²) in [5, 5.41) is 0.737. The molecule has 1 aromatic rings. The average molecular weight is 266 g/mol. The van der Waals surface area contributed by atoms with Gasteiger partial charge < -0.3 is 4.90 Å². The molecule has 2 atom stereocenters. The van der Waals surface area contributed by atoms with E-state index in [1.807, 2.05) is 23.1 Å². The van der Waals surface area contributed by atoms with E-state index in [1.165, 1.54) is 0 Å². The zero-order valence-electron chi connectivity index (χ0n) is 11.4. The molecule has 3 heteroatoms. The second-order valence-corrected chi connectivity index (χ2v) is 6.48. The van der Waals surface area contributed by atoms with Gasteiger partial charge in [0.15, 0.2) is 0 Å². The second kappa shape index (κ2) is 4.58. The summed E-state index contributed by atoms with van der Waals surface area (Å²) in [5.41, 5.74) is 1.04. The van der Waals surface area contributed by atoms with E-state index in [4.69, 9.17) is 11.6 Å². The predicted octanol–water partition coefficient (Wildman–Crippen LogP) is 3.84. The lowest BCUT2D eigenvalue weighted by Gasteiger charge is -2.37. The van der Waals surface area contributed by atoms with Crippen LogP contribution < -0.4 is 0 Å². The number of likely N-dealkylation sites (tertiary alicyclic amines) is 1. The molecule has 0 aliphatic carbocycles. The second-order valence-electron chi connectivity index (χ2n) is 6.04. The van der Waals surface area contributed by atoms with E-state index in [0.717, 1.165) is 10.6 Å². The van der Waals surface area contributed by atoms with Gasteiger partial charge in [0.25, 0.3) is 0 Å². The molecule has 98 valence electrons. The molecule has 0 saturated carbocycles. The van der Waals surface area contributed by atoms with Crippen molar-refractivity contribution in [1.29, 1.82) is 0 Å². The lowest BCUT2D eigenvalue weighted by molar-refractivity contribution is -0.133. The summed E-state index contributed by atoms with van der Waals surface area (Å²) in [5.74, 6) is 0.482. The maximum absolute atomic E-state index is 12.2. The first-order valence-electron chi connectivity index (χ1n) is 6.38. The maximum Gasteiger partial charge on any atom is 0.223 e. The minimum atomic E-state index is -0.121. The number of carbonyl (C=O) groups is 1. The molecule has 0 spiro atoms. The van der Waals surface area contributed by atoms with Crippen LogP contribution >= 0.6 is 11.6 Å². The Morgan fingerprint density at radius 2 is 2.00 bits per heavy atom. The van der Waals surface area contributed by atoms with Crippen molar-refractivity contribution in [2.45, 2.75) is 51.6 Å². The number of halogens is 1.